The normalized spacial score (nSPS) is 10.8. The van der Waals surface area contributed by atoms with Crippen LogP contribution < -0.4 is 5.32 Å². The van der Waals surface area contributed by atoms with Gasteiger partial charge in [0.25, 0.3) is 0 Å². The molecular weight excluding hydrogens is 482 g/mol. The molecule has 5 aromatic rings. The molecule has 2 aromatic heterocycles. The number of amides is 1. The van der Waals surface area contributed by atoms with Gasteiger partial charge >= 0.3 is 0 Å². The van der Waals surface area contributed by atoms with Crippen molar-refractivity contribution in [1.82, 2.24) is 9.97 Å². The predicted octanol–water partition coefficient (Wildman–Crippen LogP) is 7.82. The lowest BCUT2D eigenvalue weighted by molar-refractivity contribution is -0.115. The first-order chi connectivity index (χ1) is 17.5. The van der Waals surface area contributed by atoms with Crippen LogP contribution in [0.1, 0.15) is 16.7 Å². The van der Waals surface area contributed by atoms with Crippen LogP contribution in [-0.4, -0.2) is 15.9 Å². The fourth-order valence-electron chi connectivity index (χ4n) is 3.84. The average molecular weight is 508 g/mol. The molecule has 178 valence electrons. The van der Waals surface area contributed by atoms with Crippen molar-refractivity contribution < 1.29 is 4.79 Å². The van der Waals surface area contributed by atoms with Gasteiger partial charge in [-0.3, -0.25) is 4.79 Å². The number of hydrogen-bond acceptors (Lipinski definition) is 5. The highest BCUT2D eigenvalue weighted by Crippen LogP contribution is 2.42. The quantitative estimate of drug-likeness (QED) is 0.244. The number of aryl methyl sites for hydroxylation is 2. The summed E-state index contributed by atoms with van der Waals surface area (Å²) in [6.07, 6.45) is 2.04. The molecule has 36 heavy (non-hydrogen) atoms. The summed E-state index contributed by atoms with van der Waals surface area (Å²) in [6.45, 7) is 4.18. The Morgan fingerprint density at radius 1 is 0.861 bits per heavy atom. The van der Waals surface area contributed by atoms with Crippen molar-refractivity contribution in [3.05, 3.63) is 114 Å². The van der Waals surface area contributed by atoms with Gasteiger partial charge in [-0.05, 0) is 55.3 Å². The van der Waals surface area contributed by atoms with Gasteiger partial charge in [-0.15, -0.1) is 11.3 Å². The molecule has 0 radical (unpaired) electrons. The van der Waals surface area contributed by atoms with Crippen molar-refractivity contribution in [3.63, 3.8) is 0 Å². The summed E-state index contributed by atoms with van der Waals surface area (Å²) < 4.78 is 0.969. The highest BCUT2D eigenvalue weighted by atomic mass is 32.2. The van der Waals surface area contributed by atoms with Crippen LogP contribution in [0.2, 0.25) is 0 Å². The number of thiazole rings is 1. The lowest BCUT2D eigenvalue weighted by atomic mass is 10.1. The molecule has 0 fully saturated rings. The van der Waals surface area contributed by atoms with Crippen LogP contribution in [0.15, 0.2) is 106 Å². The highest BCUT2D eigenvalue weighted by Gasteiger charge is 2.17. The van der Waals surface area contributed by atoms with Crippen LogP contribution in [0.5, 0.6) is 0 Å². The Labute approximate surface area is 219 Å². The van der Waals surface area contributed by atoms with Gasteiger partial charge in [-0.1, -0.05) is 83.6 Å². The molecule has 0 aliphatic carbocycles. The van der Waals surface area contributed by atoms with E-state index >= 15 is 0 Å². The van der Waals surface area contributed by atoms with Gasteiger partial charge in [-0.25, -0.2) is 9.97 Å². The molecule has 0 aliphatic rings. The van der Waals surface area contributed by atoms with Crippen molar-refractivity contribution >= 4 is 34.8 Å². The van der Waals surface area contributed by atoms with E-state index in [4.69, 9.17) is 4.98 Å². The number of pyridine rings is 1. The van der Waals surface area contributed by atoms with Crippen molar-refractivity contribution in [2.75, 3.05) is 5.32 Å². The number of carbonyl (C=O) groups is 1. The Morgan fingerprint density at radius 3 is 2.44 bits per heavy atom. The van der Waals surface area contributed by atoms with Crippen LogP contribution in [0.25, 0.3) is 21.7 Å². The first-order valence-corrected chi connectivity index (χ1v) is 13.3. The van der Waals surface area contributed by atoms with Crippen LogP contribution >= 0.6 is 23.1 Å². The first-order valence-electron chi connectivity index (χ1n) is 11.7. The molecule has 2 heterocycles. The molecule has 0 saturated carbocycles. The SMILES string of the molecule is Cc1ccc(Sc2nc(-c3cccc(C)c3)c(-c3ccnc(NC(=O)Cc4ccccc4)c3)s2)cc1. The van der Waals surface area contributed by atoms with E-state index in [0.29, 0.717) is 12.2 Å². The number of carbonyl (C=O) groups excluding carboxylic acids is 1. The monoisotopic (exact) mass is 507 g/mol. The van der Waals surface area contributed by atoms with Gasteiger partial charge in [-0.2, -0.15) is 0 Å². The van der Waals surface area contributed by atoms with Crippen LogP contribution in [0.4, 0.5) is 5.82 Å². The Morgan fingerprint density at radius 2 is 1.67 bits per heavy atom. The maximum absolute atomic E-state index is 12.6. The fraction of sp³-hybridized carbons (Fsp3) is 0.100. The second-order valence-corrected chi connectivity index (χ2v) is 10.9. The second kappa shape index (κ2) is 10.9. The van der Waals surface area contributed by atoms with Gasteiger partial charge in [0, 0.05) is 16.7 Å². The van der Waals surface area contributed by atoms with Crippen molar-refractivity contribution in [1.29, 1.82) is 0 Å². The average Bonchev–Trinajstić information content (AvgIpc) is 3.30. The standard InChI is InChI=1S/C30H25N3OS2/c1-20-11-13-25(14-12-20)35-30-33-28(23-10-6-7-21(2)17-23)29(36-30)24-15-16-31-26(19-24)32-27(34)18-22-8-4-3-5-9-22/h3-17,19H,18H2,1-2H3,(H,31,32,34). The summed E-state index contributed by atoms with van der Waals surface area (Å²) in [5.41, 5.74) is 6.37. The fourth-order valence-corrected chi connectivity index (χ4v) is 5.98. The number of hydrogen-bond donors (Lipinski definition) is 1. The van der Waals surface area contributed by atoms with Gasteiger partial charge in [0.05, 0.1) is 17.0 Å². The van der Waals surface area contributed by atoms with Crippen molar-refractivity contribution in [2.45, 2.75) is 29.5 Å². The third kappa shape index (κ3) is 5.90. The molecule has 0 spiro atoms. The highest BCUT2D eigenvalue weighted by molar-refractivity contribution is 8.01. The predicted molar refractivity (Wildman–Crippen MR) is 150 cm³/mol. The van der Waals surface area contributed by atoms with E-state index in [2.05, 4.69) is 72.7 Å². The second-order valence-electron chi connectivity index (χ2n) is 8.58. The van der Waals surface area contributed by atoms with E-state index in [1.54, 1.807) is 29.3 Å². The van der Waals surface area contributed by atoms with Crippen molar-refractivity contribution in [3.8, 4) is 21.7 Å². The van der Waals surface area contributed by atoms with Gasteiger partial charge < -0.3 is 5.32 Å². The zero-order valence-corrected chi connectivity index (χ0v) is 21.7. The lowest BCUT2D eigenvalue weighted by Crippen LogP contribution is -2.15. The smallest absolute Gasteiger partial charge is 0.229 e. The van der Waals surface area contributed by atoms with E-state index in [-0.39, 0.29) is 5.91 Å². The summed E-state index contributed by atoms with van der Waals surface area (Å²) in [5.74, 6) is 0.439. The van der Waals surface area contributed by atoms with E-state index in [1.165, 1.54) is 11.1 Å². The number of anilines is 1. The zero-order chi connectivity index (χ0) is 24.9. The number of rotatable bonds is 7. The van der Waals surface area contributed by atoms with Gasteiger partial charge in [0.15, 0.2) is 4.34 Å². The molecule has 4 nitrogen and oxygen atoms in total. The minimum atomic E-state index is -0.0929. The van der Waals surface area contributed by atoms with Crippen LogP contribution in [-0.2, 0) is 11.2 Å². The summed E-state index contributed by atoms with van der Waals surface area (Å²) in [7, 11) is 0. The lowest BCUT2D eigenvalue weighted by Gasteiger charge is -2.08. The summed E-state index contributed by atoms with van der Waals surface area (Å²) >= 11 is 3.32. The van der Waals surface area contributed by atoms with E-state index in [9.17, 15) is 4.79 Å². The molecule has 3 aromatic carbocycles. The number of nitrogens with zero attached hydrogens (tertiary/aromatic N) is 2. The molecule has 0 unspecified atom stereocenters. The van der Waals surface area contributed by atoms with Crippen LogP contribution in [0.3, 0.4) is 0 Å². The largest absolute Gasteiger partial charge is 0.310 e. The molecule has 0 saturated heterocycles. The molecule has 6 heteroatoms. The molecular formula is C30H25N3OS2. The van der Waals surface area contributed by atoms with Gasteiger partial charge in [0.2, 0.25) is 5.91 Å². The maximum Gasteiger partial charge on any atom is 0.229 e. The summed E-state index contributed by atoms with van der Waals surface area (Å²) in [5, 5.41) is 2.95. The number of aromatic nitrogens is 2. The minimum Gasteiger partial charge on any atom is -0.310 e. The van der Waals surface area contributed by atoms with E-state index < -0.39 is 0 Å². The van der Waals surface area contributed by atoms with E-state index in [0.717, 1.165) is 36.5 Å². The molecule has 0 atom stereocenters. The summed E-state index contributed by atoms with van der Waals surface area (Å²) in [4.78, 5) is 24.3. The number of benzene rings is 3. The third-order valence-electron chi connectivity index (χ3n) is 5.62. The van der Waals surface area contributed by atoms with E-state index in [1.807, 2.05) is 42.5 Å². The molecule has 5 rings (SSSR count). The molecule has 1 amide bonds. The first kappa shape index (κ1) is 24.0. The minimum absolute atomic E-state index is 0.0929. The van der Waals surface area contributed by atoms with Crippen LogP contribution in [0, 0.1) is 13.8 Å². The zero-order valence-electron chi connectivity index (χ0n) is 20.1. The Kier molecular flexibility index (Phi) is 7.26. The maximum atomic E-state index is 12.6. The molecule has 1 N–H and O–H groups in total. The Balaban J connectivity index is 1.46. The topological polar surface area (TPSA) is 54.9 Å². The molecule has 0 aliphatic heterocycles. The molecule has 0 bridgehead atoms. The number of nitrogens with one attached hydrogen (secondary N) is 1. The van der Waals surface area contributed by atoms with Gasteiger partial charge in [0.1, 0.15) is 5.82 Å². The summed E-state index contributed by atoms with van der Waals surface area (Å²) in [6, 6.07) is 30.5. The third-order valence-corrected chi connectivity index (χ3v) is 7.80. The Bertz CT molecular complexity index is 1490. The Hall–Kier alpha value is -3.74. The van der Waals surface area contributed by atoms with Crippen molar-refractivity contribution in [2.24, 2.45) is 0 Å².